The largest absolute Gasteiger partial charge is 0.504 e. The molecule has 4 bridgehead atoms. The van der Waals surface area contributed by atoms with Crippen LogP contribution in [0.2, 0.25) is 0 Å². The van der Waals surface area contributed by atoms with Gasteiger partial charge in [0.25, 0.3) is 0 Å². The van der Waals surface area contributed by atoms with Crippen LogP contribution >= 0.6 is 0 Å². The number of aromatic hydroxyl groups is 1. The Hall–Kier alpha value is -3.00. The minimum absolute atomic E-state index is 0.00698. The number of esters is 1. The molecule has 2 heterocycles. The highest BCUT2D eigenvalue weighted by molar-refractivity contribution is 5.78. The third kappa shape index (κ3) is 9.79. The zero-order chi connectivity index (χ0) is 34.1. The number of carbonyl (C=O) groups is 1. The van der Waals surface area contributed by atoms with Gasteiger partial charge in [-0.15, -0.1) is 0 Å². The van der Waals surface area contributed by atoms with Gasteiger partial charge in [-0.2, -0.15) is 0 Å². The number of piperidine rings is 1. The van der Waals surface area contributed by atoms with Crippen molar-refractivity contribution in [1.29, 1.82) is 0 Å². The summed E-state index contributed by atoms with van der Waals surface area (Å²) in [7, 11) is 0. The molecule has 10 heteroatoms. The lowest BCUT2D eigenvalue weighted by Gasteiger charge is -2.35. The van der Waals surface area contributed by atoms with E-state index in [9.17, 15) is 20.1 Å². The van der Waals surface area contributed by atoms with Crippen molar-refractivity contribution >= 4 is 11.9 Å². The number of benzene rings is 1. The second-order valence-electron chi connectivity index (χ2n) is 14.7. The zero-order valence-electron chi connectivity index (χ0n) is 29.0. The molecule has 266 valence electrons. The van der Waals surface area contributed by atoms with Crippen LogP contribution in [0.1, 0.15) is 115 Å². The lowest BCUT2D eigenvalue weighted by Crippen LogP contribution is -2.42. The predicted molar refractivity (Wildman–Crippen MR) is 186 cm³/mol. The van der Waals surface area contributed by atoms with Gasteiger partial charge < -0.3 is 41.2 Å². The Morgan fingerprint density at radius 2 is 1.96 bits per heavy atom. The number of aliphatic imine (C=N–C) groups is 1. The number of ether oxygens (including phenoxy) is 2. The molecule has 0 spiro atoms. The number of aliphatic hydroxyl groups excluding tert-OH is 2. The molecule has 10 nitrogen and oxygen atoms in total. The molecule has 0 unspecified atom stereocenters. The van der Waals surface area contributed by atoms with Crippen molar-refractivity contribution in [1.82, 2.24) is 10.6 Å². The molecular weight excluding hydrogens is 608 g/mol. The highest BCUT2D eigenvalue weighted by Crippen LogP contribution is 2.39. The Morgan fingerprint density at radius 3 is 2.71 bits per heavy atom. The fraction of sp³-hybridized carbons (Fsp3) is 0.737. The number of hydrogen-bond donors (Lipinski definition) is 6. The van der Waals surface area contributed by atoms with Gasteiger partial charge in [-0.25, -0.2) is 0 Å². The Labute approximate surface area is 286 Å². The van der Waals surface area contributed by atoms with Gasteiger partial charge in [0.05, 0.1) is 24.7 Å². The lowest BCUT2D eigenvalue weighted by atomic mass is 9.73. The quantitative estimate of drug-likeness (QED) is 0.112. The number of phenolic OH excluding ortho intramolecular Hbond substituents is 1. The summed E-state index contributed by atoms with van der Waals surface area (Å²) in [6.07, 6.45) is 11.6. The molecule has 1 saturated carbocycles. The first-order valence-corrected chi connectivity index (χ1v) is 18.5. The smallest absolute Gasteiger partial charge is 0.302 e. The Morgan fingerprint density at radius 1 is 1.15 bits per heavy atom. The average Bonchev–Trinajstić information content (AvgIpc) is 3.07. The highest BCUT2D eigenvalue weighted by Gasteiger charge is 2.37. The van der Waals surface area contributed by atoms with Gasteiger partial charge in [0.2, 0.25) is 0 Å². The summed E-state index contributed by atoms with van der Waals surface area (Å²) in [5, 5.41) is 39.8. The first-order valence-electron chi connectivity index (χ1n) is 18.5. The Balaban J connectivity index is 1.53. The van der Waals surface area contributed by atoms with Crippen LogP contribution in [0.4, 0.5) is 0 Å². The summed E-state index contributed by atoms with van der Waals surface area (Å²) < 4.78 is 12.4. The molecular formula is C38H58N4O6. The van der Waals surface area contributed by atoms with Gasteiger partial charge in [-0.3, -0.25) is 9.79 Å². The SMILES string of the molecule is CC[C@@]1(CN=C(N)NC2CCCCC2)C#C[C@H]2CCC[C@H]3C[C@@H](CCN3)Oc3cc(c(CO)cc3O)C[C@@H]2[C@@H](OC(C)=O)C[C@@H](O)CC1. The van der Waals surface area contributed by atoms with Crippen LogP contribution < -0.4 is 21.1 Å². The number of aliphatic hydroxyl groups is 2. The number of nitrogens with one attached hydrogen (secondary N) is 2. The van der Waals surface area contributed by atoms with Crippen LogP contribution in [0, 0.1) is 29.1 Å². The van der Waals surface area contributed by atoms with Crippen LogP contribution in [-0.4, -0.2) is 70.7 Å². The minimum atomic E-state index is -0.702. The Kier molecular flexibility index (Phi) is 12.9. The van der Waals surface area contributed by atoms with Gasteiger partial charge >= 0.3 is 5.97 Å². The van der Waals surface area contributed by atoms with Crippen LogP contribution in [0.5, 0.6) is 11.5 Å². The van der Waals surface area contributed by atoms with Gasteiger partial charge in [-0.05, 0) is 94.0 Å². The molecule has 7 N–H and O–H groups in total. The van der Waals surface area contributed by atoms with Gasteiger partial charge in [0.15, 0.2) is 17.5 Å². The number of nitrogens with zero attached hydrogens (tertiary/aromatic N) is 1. The molecule has 0 amide bonds. The molecule has 2 aliphatic carbocycles. The molecule has 2 fully saturated rings. The average molecular weight is 667 g/mol. The van der Waals surface area contributed by atoms with Crippen molar-refractivity contribution in [3.8, 4) is 23.3 Å². The van der Waals surface area contributed by atoms with E-state index in [2.05, 4.69) is 29.4 Å². The molecule has 1 aromatic rings. The van der Waals surface area contributed by atoms with Crippen molar-refractivity contribution in [2.45, 2.75) is 147 Å². The number of guanidine groups is 1. The van der Waals surface area contributed by atoms with E-state index < -0.39 is 23.6 Å². The van der Waals surface area contributed by atoms with E-state index in [0.717, 1.165) is 63.5 Å². The molecule has 4 aliphatic rings. The maximum Gasteiger partial charge on any atom is 0.302 e. The van der Waals surface area contributed by atoms with Crippen LogP contribution in [-0.2, 0) is 22.6 Å². The summed E-state index contributed by atoms with van der Waals surface area (Å²) in [6, 6.07) is 4.07. The van der Waals surface area contributed by atoms with E-state index in [1.807, 2.05) is 6.07 Å². The van der Waals surface area contributed by atoms with E-state index in [0.29, 0.717) is 55.5 Å². The number of carbonyl (C=O) groups excluding carboxylic acids is 1. The van der Waals surface area contributed by atoms with Crippen molar-refractivity contribution < 1.29 is 29.6 Å². The Bertz CT molecular complexity index is 1320. The number of phenols is 1. The third-order valence-corrected chi connectivity index (χ3v) is 11.2. The molecule has 1 saturated heterocycles. The second kappa shape index (κ2) is 17.1. The minimum Gasteiger partial charge on any atom is -0.504 e. The maximum atomic E-state index is 12.5. The topological polar surface area (TPSA) is 159 Å². The van der Waals surface area contributed by atoms with Crippen molar-refractivity contribution in [2.24, 2.45) is 28.0 Å². The molecule has 1 aromatic carbocycles. The molecule has 48 heavy (non-hydrogen) atoms. The molecule has 7 atom stereocenters. The van der Waals surface area contributed by atoms with Crippen LogP contribution in [0.3, 0.4) is 0 Å². The fourth-order valence-electron chi connectivity index (χ4n) is 8.22. The van der Waals surface area contributed by atoms with E-state index >= 15 is 0 Å². The summed E-state index contributed by atoms with van der Waals surface area (Å²) in [6.45, 7) is 4.58. The standard InChI is InChI=1S/C38H58N4O6/c1-3-38(24-41-37(39)42-29-9-5-4-6-10-29)15-12-26-8-7-11-30-21-32(14-17-40-30)48-36-20-27(28(23-43)19-34(36)46)18-33(26)35(47-25(2)44)22-31(45)13-16-38/h19-20,26,29-33,35,40,43,45-46H,3-11,13-14,16-18,21-24H2,1-2H3,(H3,39,41,42)/t26-,30+,31+,32-,33+,35+,38-/m1/s1. The third-order valence-electron chi connectivity index (χ3n) is 11.2. The molecule has 2 aliphatic heterocycles. The molecule has 5 rings (SSSR count). The van der Waals surface area contributed by atoms with E-state index in [-0.39, 0.29) is 36.3 Å². The predicted octanol–water partition coefficient (Wildman–Crippen LogP) is 4.46. The maximum absolute atomic E-state index is 12.5. The van der Waals surface area contributed by atoms with Crippen molar-refractivity contribution in [3.05, 3.63) is 23.3 Å². The highest BCUT2D eigenvalue weighted by atomic mass is 16.5. The summed E-state index contributed by atoms with van der Waals surface area (Å²) in [4.78, 5) is 17.3. The van der Waals surface area contributed by atoms with E-state index in [1.54, 1.807) is 6.07 Å². The summed E-state index contributed by atoms with van der Waals surface area (Å²) in [5.41, 5.74) is 7.37. The van der Waals surface area contributed by atoms with Crippen molar-refractivity contribution in [2.75, 3.05) is 13.1 Å². The van der Waals surface area contributed by atoms with Gasteiger partial charge in [0, 0.05) is 37.3 Å². The van der Waals surface area contributed by atoms with Crippen molar-refractivity contribution in [3.63, 3.8) is 0 Å². The zero-order valence-corrected chi connectivity index (χ0v) is 29.0. The lowest BCUT2D eigenvalue weighted by molar-refractivity contribution is -0.152. The number of rotatable bonds is 6. The normalized spacial score (nSPS) is 32.0. The second-order valence-corrected chi connectivity index (χ2v) is 14.7. The van der Waals surface area contributed by atoms with E-state index in [1.165, 1.54) is 26.2 Å². The van der Waals surface area contributed by atoms with Gasteiger partial charge in [0.1, 0.15) is 12.2 Å². The summed E-state index contributed by atoms with van der Waals surface area (Å²) >= 11 is 0. The number of nitrogens with two attached hydrogens (primary N) is 1. The monoisotopic (exact) mass is 666 g/mol. The molecule has 0 radical (unpaired) electrons. The number of fused-ring (bicyclic) bond motifs is 5. The fourth-order valence-corrected chi connectivity index (χ4v) is 8.22. The first kappa shape index (κ1) is 36.3. The summed E-state index contributed by atoms with van der Waals surface area (Å²) in [5.74, 6) is 7.47. The van der Waals surface area contributed by atoms with Crippen LogP contribution in [0.15, 0.2) is 17.1 Å². The number of hydrogen-bond acceptors (Lipinski definition) is 8. The molecule has 0 aromatic heterocycles. The first-order chi connectivity index (χ1) is 23.2. The van der Waals surface area contributed by atoms with Crippen LogP contribution in [0.25, 0.3) is 0 Å². The van der Waals surface area contributed by atoms with Gasteiger partial charge in [-0.1, -0.05) is 44.4 Å². The van der Waals surface area contributed by atoms with E-state index in [4.69, 9.17) is 20.2 Å².